The number of amides is 2. The van der Waals surface area contributed by atoms with Gasteiger partial charge in [0.1, 0.15) is 11.4 Å². The number of aryl methyl sites for hydroxylation is 1. The first kappa shape index (κ1) is 21.6. The second-order valence-electron chi connectivity index (χ2n) is 8.57. The number of carbonyl (C=O) groups excluding carboxylic acids is 2. The SMILES string of the molecule is CC(=O)N1CCN(c2cc3c(cc2F)c(=O)c(C(=O)Nc2nc(C)cs2)cn3C2CC2)CC1. The van der Waals surface area contributed by atoms with Gasteiger partial charge in [-0.15, -0.1) is 11.3 Å². The molecular weight excluding hydrogens is 445 g/mol. The summed E-state index contributed by atoms with van der Waals surface area (Å²) in [6.45, 7) is 5.44. The second-order valence-corrected chi connectivity index (χ2v) is 9.43. The zero-order chi connectivity index (χ0) is 23.3. The Hall–Kier alpha value is -3.27. The average Bonchev–Trinajstić information content (AvgIpc) is 3.55. The third-order valence-electron chi connectivity index (χ3n) is 6.19. The number of nitrogens with one attached hydrogen (secondary N) is 1. The molecule has 2 fully saturated rings. The van der Waals surface area contributed by atoms with Gasteiger partial charge in [-0.3, -0.25) is 19.7 Å². The van der Waals surface area contributed by atoms with Crippen molar-refractivity contribution in [3.05, 3.63) is 51.0 Å². The van der Waals surface area contributed by atoms with E-state index in [0.717, 1.165) is 18.5 Å². The first-order chi connectivity index (χ1) is 15.8. The molecule has 0 unspecified atom stereocenters. The lowest BCUT2D eigenvalue weighted by Crippen LogP contribution is -2.48. The van der Waals surface area contributed by atoms with Crippen molar-refractivity contribution in [2.45, 2.75) is 32.7 Å². The molecule has 1 saturated carbocycles. The smallest absolute Gasteiger partial charge is 0.262 e. The Morgan fingerprint density at radius 2 is 1.91 bits per heavy atom. The Morgan fingerprint density at radius 3 is 2.52 bits per heavy atom. The van der Waals surface area contributed by atoms with Gasteiger partial charge in [0.05, 0.1) is 16.9 Å². The molecule has 1 aliphatic heterocycles. The van der Waals surface area contributed by atoms with Crippen LogP contribution in [0.4, 0.5) is 15.2 Å². The van der Waals surface area contributed by atoms with E-state index in [1.807, 2.05) is 21.8 Å². The number of benzene rings is 1. The van der Waals surface area contributed by atoms with Crippen LogP contribution in [-0.2, 0) is 4.79 Å². The number of rotatable bonds is 4. The zero-order valence-electron chi connectivity index (χ0n) is 18.4. The Labute approximate surface area is 193 Å². The van der Waals surface area contributed by atoms with Crippen molar-refractivity contribution in [2.24, 2.45) is 0 Å². The summed E-state index contributed by atoms with van der Waals surface area (Å²) in [7, 11) is 0. The van der Waals surface area contributed by atoms with Crippen LogP contribution in [0.15, 0.2) is 28.5 Å². The molecule has 33 heavy (non-hydrogen) atoms. The Kier molecular flexibility index (Phi) is 5.40. The normalized spacial score (nSPS) is 16.3. The molecule has 10 heteroatoms. The highest BCUT2D eigenvalue weighted by Crippen LogP contribution is 2.38. The van der Waals surface area contributed by atoms with Crippen molar-refractivity contribution in [2.75, 3.05) is 36.4 Å². The molecule has 1 aromatic carbocycles. The number of hydrogen-bond donors (Lipinski definition) is 1. The number of anilines is 2. The first-order valence-electron chi connectivity index (χ1n) is 10.9. The van der Waals surface area contributed by atoms with Crippen LogP contribution < -0.4 is 15.6 Å². The van der Waals surface area contributed by atoms with Gasteiger partial charge in [-0.05, 0) is 31.9 Å². The maximum Gasteiger partial charge on any atom is 0.262 e. The van der Waals surface area contributed by atoms with Gasteiger partial charge in [0.15, 0.2) is 5.13 Å². The van der Waals surface area contributed by atoms with Crippen LogP contribution in [0.3, 0.4) is 0 Å². The molecule has 1 saturated heterocycles. The van der Waals surface area contributed by atoms with Crippen LogP contribution in [0.25, 0.3) is 10.9 Å². The van der Waals surface area contributed by atoms with Crippen LogP contribution in [0.2, 0.25) is 0 Å². The molecular formula is C23H24FN5O3S. The highest BCUT2D eigenvalue weighted by molar-refractivity contribution is 7.13. The third kappa shape index (κ3) is 4.10. The predicted octanol–water partition coefficient (Wildman–Crippen LogP) is 3.16. The minimum absolute atomic E-state index is 0.00919. The zero-order valence-corrected chi connectivity index (χ0v) is 19.2. The maximum absolute atomic E-state index is 15.2. The van der Waals surface area contributed by atoms with Crippen LogP contribution in [0.5, 0.6) is 0 Å². The van der Waals surface area contributed by atoms with E-state index in [1.54, 1.807) is 17.2 Å². The molecule has 1 N–H and O–H groups in total. The molecule has 2 aliphatic rings. The predicted molar refractivity (Wildman–Crippen MR) is 126 cm³/mol. The molecule has 2 aromatic heterocycles. The van der Waals surface area contributed by atoms with E-state index < -0.39 is 17.2 Å². The summed E-state index contributed by atoms with van der Waals surface area (Å²) in [6.07, 6.45) is 3.47. The lowest BCUT2D eigenvalue weighted by Gasteiger charge is -2.36. The number of aromatic nitrogens is 2. The van der Waals surface area contributed by atoms with E-state index in [2.05, 4.69) is 10.3 Å². The summed E-state index contributed by atoms with van der Waals surface area (Å²) in [5, 5.41) is 5.10. The van der Waals surface area contributed by atoms with E-state index in [0.29, 0.717) is 42.5 Å². The Balaban J connectivity index is 1.53. The largest absolute Gasteiger partial charge is 0.366 e. The van der Waals surface area contributed by atoms with E-state index >= 15 is 4.39 Å². The minimum Gasteiger partial charge on any atom is -0.366 e. The molecule has 1 aliphatic carbocycles. The van der Waals surface area contributed by atoms with Gasteiger partial charge in [0.2, 0.25) is 11.3 Å². The van der Waals surface area contributed by atoms with Crippen LogP contribution in [-0.4, -0.2) is 52.4 Å². The van der Waals surface area contributed by atoms with E-state index in [9.17, 15) is 14.4 Å². The molecule has 0 atom stereocenters. The number of fused-ring (bicyclic) bond motifs is 1. The van der Waals surface area contributed by atoms with Crippen molar-refractivity contribution in [3.63, 3.8) is 0 Å². The lowest BCUT2D eigenvalue weighted by atomic mass is 10.1. The molecule has 0 spiro atoms. The van der Waals surface area contributed by atoms with Gasteiger partial charge in [0.25, 0.3) is 5.91 Å². The van der Waals surface area contributed by atoms with E-state index in [4.69, 9.17) is 0 Å². The summed E-state index contributed by atoms with van der Waals surface area (Å²) >= 11 is 1.29. The summed E-state index contributed by atoms with van der Waals surface area (Å²) < 4.78 is 17.1. The summed E-state index contributed by atoms with van der Waals surface area (Å²) in [5.74, 6) is -1.04. The average molecular weight is 470 g/mol. The molecule has 0 bridgehead atoms. The van der Waals surface area contributed by atoms with Gasteiger partial charge in [-0.2, -0.15) is 0 Å². The Morgan fingerprint density at radius 1 is 1.18 bits per heavy atom. The molecule has 3 heterocycles. The molecule has 3 aromatic rings. The number of thiazole rings is 1. The minimum atomic E-state index is -0.546. The highest BCUT2D eigenvalue weighted by atomic mass is 32.1. The lowest BCUT2D eigenvalue weighted by molar-refractivity contribution is -0.129. The second kappa shape index (κ2) is 8.26. The molecule has 5 rings (SSSR count). The fourth-order valence-electron chi connectivity index (χ4n) is 4.26. The van der Waals surface area contributed by atoms with Gasteiger partial charge < -0.3 is 14.4 Å². The monoisotopic (exact) mass is 469 g/mol. The standard InChI is InChI=1S/C23H24FN5O3S/c1-13-12-33-23(25-13)26-22(32)17-11-29(15-3-4-15)19-10-20(18(24)9-16(19)21(17)31)28-7-5-27(6-8-28)14(2)30/h9-12,15H,3-8H2,1-2H3,(H,25,26,32). The molecule has 2 amide bonds. The fraction of sp³-hybridized carbons (Fsp3) is 0.391. The van der Waals surface area contributed by atoms with Crippen molar-refractivity contribution in [1.29, 1.82) is 0 Å². The van der Waals surface area contributed by atoms with Crippen LogP contribution >= 0.6 is 11.3 Å². The summed E-state index contributed by atoms with van der Waals surface area (Å²) in [4.78, 5) is 45.6. The number of halogens is 1. The molecule has 0 radical (unpaired) electrons. The van der Waals surface area contributed by atoms with Crippen LogP contribution in [0, 0.1) is 12.7 Å². The molecule has 8 nitrogen and oxygen atoms in total. The number of piperazine rings is 1. The number of pyridine rings is 1. The third-order valence-corrected chi connectivity index (χ3v) is 7.07. The number of hydrogen-bond acceptors (Lipinski definition) is 6. The van der Waals surface area contributed by atoms with E-state index in [-0.39, 0.29) is 22.9 Å². The van der Waals surface area contributed by atoms with Crippen molar-refractivity contribution >= 4 is 44.9 Å². The van der Waals surface area contributed by atoms with Gasteiger partial charge in [0, 0.05) is 56.1 Å². The molecule has 172 valence electrons. The summed E-state index contributed by atoms with van der Waals surface area (Å²) in [6, 6.07) is 3.13. The van der Waals surface area contributed by atoms with Crippen molar-refractivity contribution in [3.8, 4) is 0 Å². The summed E-state index contributed by atoms with van der Waals surface area (Å²) in [5.41, 5.74) is 1.29. The van der Waals surface area contributed by atoms with Crippen LogP contribution in [0.1, 0.15) is 41.9 Å². The topological polar surface area (TPSA) is 87.5 Å². The quantitative estimate of drug-likeness (QED) is 0.634. The fourth-order valence-corrected chi connectivity index (χ4v) is 4.94. The van der Waals surface area contributed by atoms with Gasteiger partial charge >= 0.3 is 0 Å². The Bertz CT molecular complexity index is 1320. The maximum atomic E-state index is 15.2. The number of nitrogens with zero attached hydrogens (tertiary/aromatic N) is 4. The van der Waals surface area contributed by atoms with Crippen molar-refractivity contribution in [1.82, 2.24) is 14.5 Å². The van der Waals surface area contributed by atoms with Gasteiger partial charge in [-0.25, -0.2) is 9.37 Å². The van der Waals surface area contributed by atoms with E-state index in [1.165, 1.54) is 24.3 Å². The highest BCUT2D eigenvalue weighted by Gasteiger charge is 2.29. The van der Waals surface area contributed by atoms with Crippen molar-refractivity contribution < 1.29 is 14.0 Å². The van der Waals surface area contributed by atoms with Gasteiger partial charge in [-0.1, -0.05) is 0 Å². The first-order valence-corrected chi connectivity index (χ1v) is 11.8. The number of carbonyl (C=O) groups is 2.